The monoisotopic (exact) mass is 367 g/mol. The van der Waals surface area contributed by atoms with E-state index in [0.29, 0.717) is 17.8 Å². The van der Waals surface area contributed by atoms with E-state index in [9.17, 15) is 14.4 Å². The maximum absolute atomic E-state index is 12.0. The van der Waals surface area contributed by atoms with Crippen molar-refractivity contribution >= 4 is 29.1 Å². The Hall–Kier alpha value is -3.15. The molecule has 0 aliphatic heterocycles. The molecule has 3 amide bonds. The van der Waals surface area contributed by atoms with E-state index in [1.54, 1.807) is 24.3 Å². The average Bonchev–Trinajstić information content (AvgIpc) is 2.64. The number of benzene rings is 2. The summed E-state index contributed by atoms with van der Waals surface area (Å²) < 4.78 is 0. The van der Waals surface area contributed by atoms with Gasteiger partial charge in [0.2, 0.25) is 17.7 Å². The summed E-state index contributed by atoms with van der Waals surface area (Å²) in [4.78, 5) is 35.5. The van der Waals surface area contributed by atoms with Gasteiger partial charge >= 0.3 is 0 Å². The normalized spacial score (nSPS) is 10.3. The molecule has 2 aromatic carbocycles. The minimum absolute atomic E-state index is 0.0574. The van der Waals surface area contributed by atoms with Crippen LogP contribution in [0.2, 0.25) is 0 Å². The van der Waals surface area contributed by atoms with Crippen LogP contribution in [0.3, 0.4) is 0 Å². The van der Waals surface area contributed by atoms with E-state index in [2.05, 4.69) is 16.0 Å². The van der Waals surface area contributed by atoms with Crippen molar-refractivity contribution in [1.82, 2.24) is 5.32 Å². The smallest absolute Gasteiger partial charge is 0.226 e. The van der Waals surface area contributed by atoms with Gasteiger partial charge in [0.1, 0.15) is 0 Å². The van der Waals surface area contributed by atoms with Gasteiger partial charge in [-0.15, -0.1) is 0 Å². The van der Waals surface area contributed by atoms with Crippen LogP contribution in [0, 0.1) is 5.92 Å². The lowest BCUT2D eigenvalue weighted by atomic mass is 10.1. The Kier molecular flexibility index (Phi) is 7.55. The Morgan fingerprint density at radius 1 is 0.815 bits per heavy atom. The van der Waals surface area contributed by atoms with Crippen molar-refractivity contribution in [2.24, 2.45) is 5.92 Å². The standard InChI is InChI=1S/C21H25N3O3/c1-15(2)21(27)24-18-10-8-17(9-11-18)23-19(25)12-13-22-20(26)14-16-6-4-3-5-7-16/h3-11,15H,12-14H2,1-2H3,(H,22,26)(H,23,25)(H,24,27). The van der Waals surface area contributed by atoms with Gasteiger partial charge in [-0.2, -0.15) is 0 Å². The second-order valence-electron chi connectivity index (χ2n) is 6.53. The average molecular weight is 367 g/mol. The van der Waals surface area contributed by atoms with Crippen molar-refractivity contribution in [3.8, 4) is 0 Å². The third-order valence-electron chi connectivity index (χ3n) is 3.84. The number of amides is 3. The predicted molar refractivity (Wildman–Crippen MR) is 106 cm³/mol. The molecular weight excluding hydrogens is 342 g/mol. The number of rotatable bonds is 8. The summed E-state index contributed by atoms with van der Waals surface area (Å²) in [6.07, 6.45) is 0.485. The number of hydrogen-bond donors (Lipinski definition) is 3. The van der Waals surface area contributed by atoms with Crippen molar-refractivity contribution in [2.45, 2.75) is 26.7 Å². The zero-order chi connectivity index (χ0) is 19.6. The van der Waals surface area contributed by atoms with Gasteiger partial charge in [0, 0.05) is 30.3 Å². The molecule has 0 spiro atoms. The number of hydrogen-bond acceptors (Lipinski definition) is 3. The third-order valence-corrected chi connectivity index (χ3v) is 3.84. The van der Waals surface area contributed by atoms with Crippen LogP contribution < -0.4 is 16.0 Å². The molecule has 6 heteroatoms. The zero-order valence-electron chi connectivity index (χ0n) is 15.6. The molecule has 0 radical (unpaired) electrons. The summed E-state index contributed by atoms with van der Waals surface area (Å²) in [6, 6.07) is 16.4. The van der Waals surface area contributed by atoms with Crippen LogP contribution in [-0.2, 0) is 20.8 Å². The van der Waals surface area contributed by atoms with Gasteiger partial charge in [0.25, 0.3) is 0 Å². The van der Waals surface area contributed by atoms with E-state index < -0.39 is 0 Å². The number of carbonyl (C=O) groups is 3. The van der Waals surface area contributed by atoms with Crippen molar-refractivity contribution < 1.29 is 14.4 Å². The van der Waals surface area contributed by atoms with Gasteiger partial charge in [-0.3, -0.25) is 14.4 Å². The first kappa shape index (κ1) is 20.2. The summed E-state index contributed by atoms with van der Waals surface area (Å²) in [5.41, 5.74) is 2.25. The van der Waals surface area contributed by atoms with Crippen LogP contribution in [0.15, 0.2) is 54.6 Å². The summed E-state index contributed by atoms with van der Waals surface area (Å²) >= 11 is 0. The number of carbonyl (C=O) groups excluding carboxylic acids is 3. The quantitative estimate of drug-likeness (QED) is 0.670. The molecule has 0 bridgehead atoms. The van der Waals surface area contributed by atoms with Gasteiger partial charge in [0.15, 0.2) is 0 Å². The Balaban J connectivity index is 1.71. The maximum atomic E-state index is 12.0. The van der Waals surface area contributed by atoms with E-state index >= 15 is 0 Å². The summed E-state index contributed by atoms with van der Waals surface area (Å²) in [7, 11) is 0. The van der Waals surface area contributed by atoms with Crippen LogP contribution in [0.4, 0.5) is 11.4 Å². The molecule has 0 unspecified atom stereocenters. The summed E-state index contributed by atoms with van der Waals surface area (Å²) in [6.45, 7) is 3.92. The SMILES string of the molecule is CC(C)C(=O)Nc1ccc(NC(=O)CCNC(=O)Cc2ccccc2)cc1. The first-order chi connectivity index (χ1) is 12.9. The van der Waals surface area contributed by atoms with Gasteiger partial charge < -0.3 is 16.0 Å². The molecule has 0 atom stereocenters. The molecule has 0 aliphatic rings. The Morgan fingerprint density at radius 2 is 1.41 bits per heavy atom. The minimum atomic E-state index is -0.186. The molecule has 0 aliphatic carbocycles. The van der Waals surface area contributed by atoms with Crippen LogP contribution in [0.1, 0.15) is 25.8 Å². The van der Waals surface area contributed by atoms with Crippen molar-refractivity contribution in [2.75, 3.05) is 17.2 Å². The highest BCUT2D eigenvalue weighted by Crippen LogP contribution is 2.14. The topological polar surface area (TPSA) is 87.3 Å². The van der Waals surface area contributed by atoms with Crippen LogP contribution in [0.5, 0.6) is 0 Å². The van der Waals surface area contributed by atoms with Gasteiger partial charge in [-0.25, -0.2) is 0 Å². The molecule has 142 valence electrons. The molecule has 2 rings (SSSR count). The first-order valence-electron chi connectivity index (χ1n) is 8.95. The summed E-state index contributed by atoms with van der Waals surface area (Å²) in [5.74, 6) is -0.451. The Bertz CT molecular complexity index is 771. The second kappa shape index (κ2) is 10.1. The van der Waals surface area contributed by atoms with E-state index in [-0.39, 0.29) is 36.6 Å². The molecule has 27 heavy (non-hydrogen) atoms. The van der Waals surface area contributed by atoms with E-state index in [4.69, 9.17) is 0 Å². The fourth-order valence-electron chi connectivity index (χ4n) is 2.31. The number of anilines is 2. The van der Waals surface area contributed by atoms with E-state index in [0.717, 1.165) is 5.56 Å². The molecule has 0 saturated heterocycles. The van der Waals surface area contributed by atoms with Crippen LogP contribution >= 0.6 is 0 Å². The van der Waals surface area contributed by atoms with Crippen LogP contribution in [0.25, 0.3) is 0 Å². The lowest BCUT2D eigenvalue weighted by molar-refractivity contribution is -0.121. The van der Waals surface area contributed by atoms with Gasteiger partial charge in [0.05, 0.1) is 6.42 Å². The van der Waals surface area contributed by atoms with Crippen molar-refractivity contribution in [3.05, 3.63) is 60.2 Å². The lowest BCUT2D eigenvalue weighted by Gasteiger charge is -2.10. The molecule has 0 aromatic heterocycles. The van der Waals surface area contributed by atoms with Crippen molar-refractivity contribution in [1.29, 1.82) is 0 Å². The van der Waals surface area contributed by atoms with Crippen molar-refractivity contribution in [3.63, 3.8) is 0 Å². The molecule has 0 saturated carbocycles. The van der Waals surface area contributed by atoms with Crippen LogP contribution in [-0.4, -0.2) is 24.3 Å². The molecule has 0 heterocycles. The molecule has 2 aromatic rings. The molecular formula is C21H25N3O3. The predicted octanol–water partition coefficient (Wildman–Crippen LogP) is 2.97. The Morgan fingerprint density at radius 3 is 2.00 bits per heavy atom. The second-order valence-corrected chi connectivity index (χ2v) is 6.53. The fraction of sp³-hybridized carbons (Fsp3) is 0.286. The maximum Gasteiger partial charge on any atom is 0.226 e. The largest absolute Gasteiger partial charge is 0.355 e. The molecule has 3 N–H and O–H groups in total. The third kappa shape index (κ3) is 7.32. The Labute approximate surface area is 159 Å². The molecule has 0 fully saturated rings. The van der Waals surface area contributed by atoms with Gasteiger partial charge in [-0.05, 0) is 29.8 Å². The number of nitrogens with one attached hydrogen (secondary N) is 3. The minimum Gasteiger partial charge on any atom is -0.355 e. The van der Waals surface area contributed by atoms with Gasteiger partial charge in [-0.1, -0.05) is 44.2 Å². The highest BCUT2D eigenvalue weighted by atomic mass is 16.2. The lowest BCUT2D eigenvalue weighted by Crippen LogP contribution is -2.28. The van der Waals surface area contributed by atoms with E-state index in [1.165, 1.54) is 0 Å². The van der Waals surface area contributed by atoms with E-state index in [1.807, 2.05) is 44.2 Å². The highest BCUT2D eigenvalue weighted by Gasteiger charge is 2.08. The first-order valence-corrected chi connectivity index (χ1v) is 8.95. The highest BCUT2D eigenvalue weighted by molar-refractivity contribution is 5.93. The zero-order valence-corrected chi connectivity index (χ0v) is 15.6. The molecule has 6 nitrogen and oxygen atoms in total. The fourth-order valence-corrected chi connectivity index (χ4v) is 2.31. The summed E-state index contributed by atoms with van der Waals surface area (Å²) in [5, 5.41) is 8.30.